The van der Waals surface area contributed by atoms with Crippen LogP contribution in [0.2, 0.25) is 0 Å². The molecule has 0 aromatic heterocycles. The largest absolute Gasteiger partial charge is 0.497 e. The standard InChI is InChI=1S/C19H33NO2.C10H13NO3.C2H6/c1-5-10-18(14-19(16-21-4)22-6-2)13-17(3)15-20-11-8-7-9-12-20;1-13-8-2-4-9(5-3-8)14-7-6-10(11)12;1-2/h5,10,14,17H,1,6-9,11-13,15-16H2,2-4H3;2-5H,6-7H2,1H3,(H2,11,12);1-2H3/b18-10-,19-14+;;. The number of carbonyl (C=O) groups is 1. The van der Waals surface area contributed by atoms with Gasteiger partial charge in [-0.25, -0.2) is 0 Å². The fraction of sp³-hybridized carbons (Fsp3) is 0.581. The molecular weight excluding hydrogens is 480 g/mol. The smallest absolute Gasteiger partial charge is 0.220 e. The molecular formula is C31H52N2O5. The second kappa shape index (κ2) is 23.4. The number of allylic oxidation sites excluding steroid dienone is 4. The van der Waals surface area contributed by atoms with Crippen LogP contribution in [0.5, 0.6) is 11.5 Å². The summed E-state index contributed by atoms with van der Waals surface area (Å²) in [6.45, 7) is 17.3. The Hall–Kier alpha value is -2.77. The van der Waals surface area contributed by atoms with Crippen molar-refractivity contribution in [1.82, 2.24) is 4.90 Å². The quantitative estimate of drug-likeness (QED) is 0.215. The zero-order valence-electron chi connectivity index (χ0n) is 24.7. The number of piperidine rings is 1. The van der Waals surface area contributed by atoms with Crippen LogP contribution in [0.1, 0.15) is 59.8 Å². The van der Waals surface area contributed by atoms with E-state index < -0.39 is 0 Å². The van der Waals surface area contributed by atoms with Gasteiger partial charge in [0.05, 0.1) is 26.7 Å². The number of nitrogens with two attached hydrogens (primary N) is 1. The molecule has 1 amide bonds. The normalized spacial score (nSPS) is 14.7. The SMILES string of the molecule is C=C/C=C(\C=C(/COC)OCC)CC(C)CN1CCCCC1.CC.COc1ccc(OCCC(N)=O)cc1. The molecule has 0 aliphatic carbocycles. The minimum Gasteiger partial charge on any atom is -0.497 e. The van der Waals surface area contributed by atoms with Crippen LogP contribution in [0, 0.1) is 5.92 Å². The first kappa shape index (κ1) is 35.2. The van der Waals surface area contributed by atoms with E-state index in [1.54, 1.807) is 38.5 Å². The molecule has 1 aliphatic heterocycles. The topological polar surface area (TPSA) is 83.2 Å². The molecule has 7 nitrogen and oxygen atoms in total. The summed E-state index contributed by atoms with van der Waals surface area (Å²) < 4.78 is 21.1. The number of primary amides is 1. The van der Waals surface area contributed by atoms with Crippen LogP contribution in [-0.4, -0.2) is 64.5 Å². The van der Waals surface area contributed by atoms with E-state index in [-0.39, 0.29) is 12.3 Å². The molecule has 0 saturated carbocycles. The van der Waals surface area contributed by atoms with E-state index in [2.05, 4.69) is 30.6 Å². The van der Waals surface area contributed by atoms with Gasteiger partial charge in [0.25, 0.3) is 0 Å². The van der Waals surface area contributed by atoms with E-state index in [1.165, 1.54) is 44.5 Å². The number of hydrogen-bond donors (Lipinski definition) is 1. The third-order valence-corrected chi connectivity index (χ3v) is 5.57. The second-order valence-electron chi connectivity index (χ2n) is 8.86. The Morgan fingerprint density at radius 1 is 1.11 bits per heavy atom. The molecule has 0 bridgehead atoms. The van der Waals surface area contributed by atoms with Gasteiger partial charge in [-0.3, -0.25) is 4.79 Å². The first-order valence-corrected chi connectivity index (χ1v) is 13.8. The Balaban J connectivity index is 0.000000735. The maximum Gasteiger partial charge on any atom is 0.220 e. The number of nitrogens with zero attached hydrogens (tertiary/aromatic N) is 1. The fourth-order valence-corrected chi connectivity index (χ4v) is 3.98. The molecule has 1 aliphatic rings. The predicted octanol–water partition coefficient (Wildman–Crippen LogP) is 6.15. The molecule has 1 unspecified atom stereocenters. The van der Waals surface area contributed by atoms with Gasteiger partial charge in [-0.2, -0.15) is 0 Å². The van der Waals surface area contributed by atoms with Crippen LogP contribution in [0.15, 0.2) is 60.4 Å². The molecule has 2 rings (SSSR count). The number of amides is 1. The van der Waals surface area contributed by atoms with Crippen LogP contribution < -0.4 is 15.2 Å². The van der Waals surface area contributed by atoms with E-state index in [1.807, 2.05) is 26.8 Å². The van der Waals surface area contributed by atoms with Crippen LogP contribution in [-0.2, 0) is 14.3 Å². The van der Waals surface area contributed by atoms with Gasteiger partial charge in [0.2, 0.25) is 5.91 Å². The number of ether oxygens (including phenoxy) is 4. The van der Waals surface area contributed by atoms with Crippen LogP contribution >= 0.6 is 0 Å². The summed E-state index contributed by atoms with van der Waals surface area (Å²) in [4.78, 5) is 13.0. The third kappa shape index (κ3) is 17.6. The minimum atomic E-state index is -0.362. The fourth-order valence-electron chi connectivity index (χ4n) is 3.98. The highest BCUT2D eigenvalue weighted by molar-refractivity contribution is 5.73. The molecule has 38 heavy (non-hydrogen) atoms. The highest BCUT2D eigenvalue weighted by atomic mass is 16.5. The van der Waals surface area contributed by atoms with E-state index >= 15 is 0 Å². The van der Waals surface area contributed by atoms with Gasteiger partial charge >= 0.3 is 0 Å². The van der Waals surface area contributed by atoms with Gasteiger partial charge < -0.3 is 29.6 Å². The van der Waals surface area contributed by atoms with Crippen molar-refractivity contribution in [3.05, 3.63) is 60.4 Å². The van der Waals surface area contributed by atoms with Crippen molar-refractivity contribution >= 4 is 5.91 Å². The van der Waals surface area contributed by atoms with Crippen LogP contribution in [0.4, 0.5) is 0 Å². The van der Waals surface area contributed by atoms with Crippen molar-refractivity contribution in [3.8, 4) is 11.5 Å². The highest BCUT2D eigenvalue weighted by Crippen LogP contribution is 2.19. The molecule has 2 N–H and O–H groups in total. The number of hydrogen-bond acceptors (Lipinski definition) is 6. The molecule has 1 heterocycles. The number of likely N-dealkylation sites (tertiary alicyclic amines) is 1. The number of rotatable bonds is 15. The van der Waals surface area contributed by atoms with Crippen molar-refractivity contribution in [2.75, 3.05) is 53.7 Å². The first-order valence-electron chi connectivity index (χ1n) is 13.8. The van der Waals surface area contributed by atoms with E-state index in [4.69, 9.17) is 24.7 Å². The molecule has 1 atom stereocenters. The van der Waals surface area contributed by atoms with Crippen molar-refractivity contribution in [2.24, 2.45) is 11.7 Å². The molecule has 7 heteroatoms. The number of methoxy groups -OCH3 is 2. The molecule has 216 valence electrons. The molecule has 1 aromatic carbocycles. The van der Waals surface area contributed by atoms with Crippen molar-refractivity contribution in [2.45, 2.75) is 59.8 Å². The lowest BCUT2D eigenvalue weighted by Gasteiger charge is -2.29. The van der Waals surface area contributed by atoms with E-state index in [0.717, 1.165) is 17.9 Å². The summed E-state index contributed by atoms with van der Waals surface area (Å²) >= 11 is 0. The van der Waals surface area contributed by atoms with Gasteiger partial charge in [-0.15, -0.1) is 0 Å². The molecule has 1 saturated heterocycles. The lowest BCUT2D eigenvalue weighted by Crippen LogP contribution is -2.33. The second-order valence-corrected chi connectivity index (χ2v) is 8.86. The number of carbonyl (C=O) groups excluding carboxylic acids is 1. The zero-order valence-corrected chi connectivity index (χ0v) is 24.7. The Labute approximate surface area is 231 Å². The van der Waals surface area contributed by atoms with Gasteiger partial charge in [0.15, 0.2) is 0 Å². The van der Waals surface area contributed by atoms with Crippen molar-refractivity contribution < 1.29 is 23.7 Å². The zero-order chi connectivity index (χ0) is 28.6. The summed E-state index contributed by atoms with van der Waals surface area (Å²) in [7, 11) is 3.30. The molecule has 1 fully saturated rings. The Bertz CT molecular complexity index is 791. The van der Waals surface area contributed by atoms with Gasteiger partial charge in [-0.05, 0) is 81.1 Å². The summed E-state index contributed by atoms with van der Waals surface area (Å²) in [5, 5.41) is 0. The van der Waals surface area contributed by atoms with Crippen molar-refractivity contribution in [1.29, 1.82) is 0 Å². The highest BCUT2D eigenvalue weighted by Gasteiger charge is 2.14. The molecule has 0 spiro atoms. The number of benzene rings is 1. The average molecular weight is 533 g/mol. The minimum absolute atomic E-state index is 0.228. The first-order chi connectivity index (χ1) is 18.4. The summed E-state index contributed by atoms with van der Waals surface area (Å²) in [6.07, 6.45) is 11.4. The van der Waals surface area contributed by atoms with Gasteiger partial charge in [-0.1, -0.05) is 45.9 Å². The average Bonchev–Trinajstić information content (AvgIpc) is 2.91. The Kier molecular flexibility index (Phi) is 21.7. The third-order valence-electron chi connectivity index (χ3n) is 5.57. The summed E-state index contributed by atoms with van der Waals surface area (Å²) in [5.74, 6) is 2.63. The monoisotopic (exact) mass is 532 g/mol. The summed E-state index contributed by atoms with van der Waals surface area (Å²) in [5.41, 5.74) is 6.23. The Morgan fingerprint density at radius 2 is 1.74 bits per heavy atom. The van der Waals surface area contributed by atoms with Crippen LogP contribution in [0.3, 0.4) is 0 Å². The van der Waals surface area contributed by atoms with Gasteiger partial charge in [0, 0.05) is 13.7 Å². The van der Waals surface area contributed by atoms with Gasteiger partial charge in [0.1, 0.15) is 23.9 Å². The molecule has 1 aromatic rings. The van der Waals surface area contributed by atoms with E-state index in [0.29, 0.717) is 31.5 Å². The summed E-state index contributed by atoms with van der Waals surface area (Å²) in [6, 6.07) is 7.14. The molecule has 0 radical (unpaired) electrons. The van der Waals surface area contributed by atoms with E-state index in [9.17, 15) is 4.79 Å². The van der Waals surface area contributed by atoms with Crippen molar-refractivity contribution in [3.63, 3.8) is 0 Å². The lowest BCUT2D eigenvalue weighted by molar-refractivity contribution is -0.118. The lowest BCUT2D eigenvalue weighted by atomic mass is 9.98. The predicted molar refractivity (Wildman–Crippen MR) is 158 cm³/mol. The Morgan fingerprint density at radius 3 is 2.26 bits per heavy atom. The van der Waals surface area contributed by atoms with Crippen LogP contribution in [0.25, 0.3) is 0 Å². The maximum absolute atomic E-state index is 10.4. The maximum atomic E-state index is 10.4.